The van der Waals surface area contributed by atoms with Gasteiger partial charge in [0.15, 0.2) is 0 Å². The Morgan fingerprint density at radius 1 is 1.29 bits per heavy atom. The summed E-state index contributed by atoms with van der Waals surface area (Å²) in [5.74, 6) is 0.894. The highest BCUT2D eigenvalue weighted by molar-refractivity contribution is 7.13. The van der Waals surface area contributed by atoms with Gasteiger partial charge in [-0.3, -0.25) is 0 Å². The summed E-state index contributed by atoms with van der Waals surface area (Å²) in [6.07, 6.45) is 2.63. The lowest BCUT2D eigenvalue weighted by Crippen LogP contribution is -2.16. The molecular formula is C16H18N4S. The topological polar surface area (TPSA) is 63.8 Å². The number of pyridine rings is 1. The van der Waals surface area contributed by atoms with Crippen LogP contribution in [0.4, 0.5) is 5.82 Å². The summed E-state index contributed by atoms with van der Waals surface area (Å²) >= 11 is 1.51. The van der Waals surface area contributed by atoms with Crippen LogP contribution in [0.1, 0.15) is 23.7 Å². The number of hydrogen-bond donors (Lipinski definition) is 2. The van der Waals surface area contributed by atoms with Crippen LogP contribution in [0, 0.1) is 6.92 Å². The van der Waals surface area contributed by atoms with Crippen LogP contribution in [-0.4, -0.2) is 15.9 Å². The summed E-state index contributed by atoms with van der Waals surface area (Å²) < 4.78 is 5.70. The minimum absolute atomic E-state index is 0.0570. The number of rotatable bonds is 5. The van der Waals surface area contributed by atoms with Crippen LogP contribution in [-0.2, 0) is 0 Å². The molecule has 2 aromatic heterocycles. The Balaban J connectivity index is 1.63. The third kappa shape index (κ3) is 3.20. The Hall–Kier alpha value is -1.98. The van der Waals surface area contributed by atoms with Crippen molar-refractivity contribution in [2.75, 3.05) is 11.9 Å². The van der Waals surface area contributed by atoms with E-state index in [1.54, 1.807) is 0 Å². The van der Waals surface area contributed by atoms with Gasteiger partial charge in [-0.1, -0.05) is 18.2 Å². The van der Waals surface area contributed by atoms with Gasteiger partial charge in [-0.25, -0.2) is 4.98 Å². The highest BCUT2D eigenvalue weighted by Gasteiger charge is 2.13. The van der Waals surface area contributed by atoms with Crippen molar-refractivity contribution in [3.63, 3.8) is 0 Å². The number of nitrogens with two attached hydrogens (primary N) is 1. The second-order valence-corrected chi connectivity index (χ2v) is 5.91. The van der Waals surface area contributed by atoms with E-state index in [0.717, 1.165) is 24.5 Å². The molecule has 5 heteroatoms. The summed E-state index contributed by atoms with van der Waals surface area (Å²) in [6, 6.07) is 12.2. The van der Waals surface area contributed by atoms with E-state index in [1.165, 1.54) is 27.2 Å². The number of fused-ring (bicyclic) bond motifs is 1. The molecule has 1 atom stereocenters. The summed E-state index contributed by atoms with van der Waals surface area (Å²) in [4.78, 5) is 4.28. The molecule has 1 unspecified atom stereocenters. The van der Waals surface area contributed by atoms with E-state index in [2.05, 4.69) is 33.7 Å². The molecule has 0 radical (unpaired) electrons. The van der Waals surface area contributed by atoms with Crippen LogP contribution in [0.3, 0.4) is 0 Å². The van der Waals surface area contributed by atoms with Crippen molar-refractivity contribution in [3.05, 3.63) is 53.9 Å². The van der Waals surface area contributed by atoms with Crippen LogP contribution in [0.15, 0.2) is 42.6 Å². The molecule has 0 bridgehead atoms. The quantitative estimate of drug-likeness (QED) is 0.756. The molecule has 0 aliphatic carbocycles. The molecule has 1 aromatic carbocycles. The maximum Gasteiger partial charge on any atom is 0.126 e. The van der Waals surface area contributed by atoms with Gasteiger partial charge in [0, 0.05) is 18.1 Å². The van der Waals surface area contributed by atoms with E-state index in [1.807, 2.05) is 30.5 Å². The second kappa shape index (κ2) is 6.20. The maximum absolute atomic E-state index is 6.28. The standard InChI is InChI=1S/C16H18N4S/c1-11-6-8-18-15(10-11)19-9-7-13(17)16-12-4-2-3-5-14(12)21-20-16/h2-6,8,10,13H,7,9,17H2,1H3,(H,18,19). The van der Waals surface area contributed by atoms with Crippen molar-refractivity contribution in [3.8, 4) is 0 Å². The van der Waals surface area contributed by atoms with Crippen LogP contribution < -0.4 is 11.1 Å². The zero-order chi connectivity index (χ0) is 14.7. The normalized spacial score (nSPS) is 12.5. The third-order valence-electron chi connectivity index (χ3n) is 3.43. The Kier molecular flexibility index (Phi) is 4.13. The van der Waals surface area contributed by atoms with Crippen molar-refractivity contribution in [2.45, 2.75) is 19.4 Å². The van der Waals surface area contributed by atoms with Crippen LogP contribution >= 0.6 is 11.5 Å². The van der Waals surface area contributed by atoms with Gasteiger partial charge < -0.3 is 11.1 Å². The lowest BCUT2D eigenvalue weighted by Gasteiger charge is -2.11. The molecule has 0 saturated carbocycles. The molecule has 0 saturated heterocycles. The van der Waals surface area contributed by atoms with Gasteiger partial charge in [-0.15, -0.1) is 0 Å². The van der Waals surface area contributed by atoms with Gasteiger partial charge in [-0.2, -0.15) is 4.37 Å². The zero-order valence-corrected chi connectivity index (χ0v) is 12.7. The molecule has 0 amide bonds. The number of benzene rings is 1. The van der Waals surface area contributed by atoms with Crippen molar-refractivity contribution in [1.82, 2.24) is 9.36 Å². The molecule has 3 rings (SSSR count). The number of nitrogens with one attached hydrogen (secondary N) is 1. The average Bonchev–Trinajstić information content (AvgIpc) is 2.91. The summed E-state index contributed by atoms with van der Waals surface area (Å²) in [5.41, 5.74) is 8.47. The maximum atomic E-state index is 6.28. The molecule has 0 aliphatic heterocycles. The third-order valence-corrected chi connectivity index (χ3v) is 4.27. The first-order chi connectivity index (χ1) is 10.2. The number of aryl methyl sites for hydroxylation is 1. The molecular weight excluding hydrogens is 280 g/mol. The largest absolute Gasteiger partial charge is 0.370 e. The molecule has 3 N–H and O–H groups in total. The Labute approximate surface area is 128 Å². The van der Waals surface area contributed by atoms with Gasteiger partial charge >= 0.3 is 0 Å². The Morgan fingerprint density at radius 2 is 2.14 bits per heavy atom. The van der Waals surface area contributed by atoms with Gasteiger partial charge in [0.25, 0.3) is 0 Å². The first-order valence-corrected chi connectivity index (χ1v) is 7.78. The number of hydrogen-bond acceptors (Lipinski definition) is 5. The number of nitrogens with zero attached hydrogens (tertiary/aromatic N) is 2. The second-order valence-electron chi connectivity index (χ2n) is 5.10. The number of anilines is 1. The van der Waals surface area contributed by atoms with E-state index >= 15 is 0 Å². The molecule has 0 aliphatic rings. The highest BCUT2D eigenvalue weighted by Crippen LogP contribution is 2.27. The SMILES string of the molecule is Cc1ccnc(NCCC(N)c2nsc3ccccc23)c1. The summed E-state index contributed by atoms with van der Waals surface area (Å²) in [7, 11) is 0. The van der Waals surface area contributed by atoms with Crippen molar-refractivity contribution in [2.24, 2.45) is 5.73 Å². The molecule has 0 spiro atoms. The number of aromatic nitrogens is 2. The summed E-state index contributed by atoms with van der Waals surface area (Å²) in [5, 5.41) is 4.48. The van der Waals surface area contributed by atoms with Crippen molar-refractivity contribution in [1.29, 1.82) is 0 Å². The van der Waals surface area contributed by atoms with Gasteiger partial charge in [0.2, 0.25) is 0 Å². The van der Waals surface area contributed by atoms with Crippen LogP contribution in [0.2, 0.25) is 0 Å². The molecule has 4 nitrogen and oxygen atoms in total. The molecule has 2 heterocycles. The van der Waals surface area contributed by atoms with Crippen molar-refractivity contribution >= 4 is 27.4 Å². The molecule has 108 valence electrons. The van der Waals surface area contributed by atoms with E-state index in [-0.39, 0.29) is 6.04 Å². The van der Waals surface area contributed by atoms with E-state index in [0.29, 0.717) is 0 Å². The first-order valence-electron chi connectivity index (χ1n) is 7.00. The minimum Gasteiger partial charge on any atom is -0.370 e. The highest BCUT2D eigenvalue weighted by atomic mass is 32.1. The zero-order valence-electron chi connectivity index (χ0n) is 11.9. The van der Waals surface area contributed by atoms with E-state index in [4.69, 9.17) is 5.73 Å². The fourth-order valence-electron chi connectivity index (χ4n) is 2.30. The van der Waals surface area contributed by atoms with Gasteiger partial charge in [-0.05, 0) is 48.6 Å². The lowest BCUT2D eigenvalue weighted by molar-refractivity contribution is 0.666. The van der Waals surface area contributed by atoms with Crippen molar-refractivity contribution < 1.29 is 0 Å². The predicted molar refractivity (Wildman–Crippen MR) is 88.6 cm³/mol. The summed E-state index contributed by atoms with van der Waals surface area (Å²) in [6.45, 7) is 2.84. The Morgan fingerprint density at radius 3 is 3.00 bits per heavy atom. The fraction of sp³-hybridized carbons (Fsp3) is 0.250. The molecule has 0 fully saturated rings. The van der Waals surface area contributed by atoms with Crippen LogP contribution in [0.25, 0.3) is 10.1 Å². The van der Waals surface area contributed by atoms with Crippen LogP contribution in [0.5, 0.6) is 0 Å². The molecule has 3 aromatic rings. The van der Waals surface area contributed by atoms with Gasteiger partial charge in [0.1, 0.15) is 5.82 Å². The van der Waals surface area contributed by atoms with E-state index in [9.17, 15) is 0 Å². The van der Waals surface area contributed by atoms with E-state index < -0.39 is 0 Å². The minimum atomic E-state index is -0.0570. The average molecular weight is 298 g/mol. The first kappa shape index (κ1) is 14.0. The smallest absolute Gasteiger partial charge is 0.126 e. The molecule has 21 heavy (non-hydrogen) atoms. The monoisotopic (exact) mass is 298 g/mol. The predicted octanol–water partition coefficient (Wildman–Crippen LogP) is 3.50. The lowest BCUT2D eigenvalue weighted by atomic mass is 10.1. The van der Waals surface area contributed by atoms with Gasteiger partial charge in [0.05, 0.1) is 16.4 Å². The Bertz CT molecular complexity index is 738. The fourth-order valence-corrected chi connectivity index (χ4v) is 3.14.